The first-order chi connectivity index (χ1) is 8.15. The lowest BCUT2D eigenvalue weighted by Gasteiger charge is -2.16. The summed E-state index contributed by atoms with van der Waals surface area (Å²) in [6, 6.07) is 7.91. The fourth-order valence-corrected chi connectivity index (χ4v) is 3.13. The molecule has 0 saturated carbocycles. The van der Waals surface area contributed by atoms with Crippen LogP contribution < -0.4 is 0 Å². The Morgan fingerprint density at radius 3 is 2.35 bits per heavy atom. The number of halogens is 1. The van der Waals surface area contributed by atoms with E-state index in [1.54, 1.807) is 0 Å². The summed E-state index contributed by atoms with van der Waals surface area (Å²) in [6.45, 7) is 4.36. The first-order valence-electron chi connectivity index (χ1n) is 5.66. The van der Waals surface area contributed by atoms with E-state index in [4.69, 9.17) is 9.05 Å². The zero-order chi connectivity index (χ0) is 12.7. The summed E-state index contributed by atoms with van der Waals surface area (Å²) in [4.78, 5) is 0. The van der Waals surface area contributed by atoms with Gasteiger partial charge in [-0.2, -0.15) is 0 Å². The van der Waals surface area contributed by atoms with E-state index in [2.05, 4.69) is 15.9 Å². The van der Waals surface area contributed by atoms with Crippen molar-refractivity contribution in [2.24, 2.45) is 0 Å². The van der Waals surface area contributed by atoms with E-state index in [-0.39, 0.29) is 0 Å². The van der Waals surface area contributed by atoms with E-state index in [9.17, 15) is 4.57 Å². The molecule has 5 heteroatoms. The Balaban J connectivity index is 2.69. The van der Waals surface area contributed by atoms with Gasteiger partial charge >= 0.3 is 7.60 Å². The highest BCUT2D eigenvalue weighted by Gasteiger charge is 2.21. The lowest BCUT2D eigenvalue weighted by molar-refractivity contribution is 0.205. The molecule has 0 N–H and O–H groups in total. The highest BCUT2D eigenvalue weighted by atomic mass is 79.9. The zero-order valence-electron chi connectivity index (χ0n) is 10.2. The quantitative estimate of drug-likeness (QED) is 0.553. The van der Waals surface area contributed by atoms with Gasteiger partial charge in [0.1, 0.15) is 0 Å². The number of alkyl halides is 1. The Kier molecular flexibility index (Phi) is 6.42. The monoisotopic (exact) mass is 320 g/mol. The fourth-order valence-electron chi connectivity index (χ4n) is 1.41. The third-order valence-electron chi connectivity index (χ3n) is 2.39. The SMILES string of the molecule is CCOP(=O)(CC)OCc1ccccc1CBr. The van der Waals surface area contributed by atoms with E-state index < -0.39 is 7.60 Å². The van der Waals surface area contributed by atoms with Crippen molar-refractivity contribution in [3.05, 3.63) is 35.4 Å². The highest BCUT2D eigenvalue weighted by Crippen LogP contribution is 2.48. The molecule has 0 amide bonds. The van der Waals surface area contributed by atoms with E-state index in [0.29, 0.717) is 19.4 Å². The van der Waals surface area contributed by atoms with Crippen LogP contribution in [0.3, 0.4) is 0 Å². The molecule has 0 aliphatic carbocycles. The smallest absolute Gasteiger partial charge is 0.309 e. The third-order valence-corrected chi connectivity index (χ3v) is 4.94. The van der Waals surface area contributed by atoms with Crippen LogP contribution in [0.5, 0.6) is 0 Å². The van der Waals surface area contributed by atoms with Gasteiger partial charge < -0.3 is 9.05 Å². The second-order valence-electron chi connectivity index (χ2n) is 3.52. The highest BCUT2D eigenvalue weighted by molar-refractivity contribution is 9.08. The number of benzene rings is 1. The first-order valence-corrected chi connectivity index (χ1v) is 8.51. The van der Waals surface area contributed by atoms with Crippen LogP contribution in [0.15, 0.2) is 24.3 Å². The summed E-state index contributed by atoms with van der Waals surface area (Å²) in [5.74, 6) is 0. The summed E-state index contributed by atoms with van der Waals surface area (Å²) in [6.07, 6.45) is 0.400. The van der Waals surface area contributed by atoms with Crippen molar-refractivity contribution in [2.45, 2.75) is 25.8 Å². The summed E-state index contributed by atoms with van der Waals surface area (Å²) in [5.41, 5.74) is 2.18. The molecule has 0 aliphatic heterocycles. The van der Waals surface area contributed by atoms with Crippen LogP contribution in [0.1, 0.15) is 25.0 Å². The standard InChI is InChI=1S/C12H18BrO3P/c1-3-15-17(14,4-2)16-10-12-8-6-5-7-11(12)9-13/h5-8H,3-4,9-10H2,1-2H3. The van der Waals surface area contributed by atoms with E-state index in [1.165, 1.54) is 0 Å². The summed E-state index contributed by atoms with van der Waals surface area (Å²) in [5, 5.41) is 0.762. The van der Waals surface area contributed by atoms with Crippen molar-refractivity contribution in [2.75, 3.05) is 12.8 Å². The Hall–Kier alpha value is -0.150. The Bertz CT molecular complexity index is 395. The molecule has 1 aromatic rings. The Labute approximate surface area is 111 Å². The van der Waals surface area contributed by atoms with Gasteiger partial charge in [-0.05, 0) is 18.1 Å². The second-order valence-corrected chi connectivity index (χ2v) is 6.45. The van der Waals surface area contributed by atoms with E-state index >= 15 is 0 Å². The first kappa shape index (κ1) is 14.9. The molecule has 0 bridgehead atoms. The predicted octanol–water partition coefficient (Wildman–Crippen LogP) is 4.35. The van der Waals surface area contributed by atoms with E-state index in [0.717, 1.165) is 16.5 Å². The molecule has 0 aromatic heterocycles. The number of rotatable bonds is 7. The van der Waals surface area contributed by atoms with Crippen LogP contribution in [-0.2, 0) is 25.5 Å². The van der Waals surface area contributed by atoms with Gasteiger partial charge in [-0.25, -0.2) is 0 Å². The van der Waals surface area contributed by atoms with Gasteiger partial charge in [0.25, 0.3) is 0 Å². The van der Waals surface area contributed by atoms with Crippen LogP contribution in [0, 0.1) is 0 Å². The van der Waals surface area contributed by atoms with E-state index in [1.807, 2.05) is 38.1 Å². The largest absolute Gasteiger partial charge is 0.330 e. The van der Waals surface area contributed by atoms with Crippen LogP contribution in [0.2, 0.25) is 0 Å². The molecule has 0 aliphatic rings. The van der Waals surface area contributed by atoms with Crippen molar-refractivity contribution < 1.29 is 13.6 Å². The molecule has 0 fully saturated rings. The van der Waals surface area contributed by atoms with Crippen LogP contribution in [0.4, 0.5) is 0 Å². The van der Waals surface area contributed by atoms with Crippen molar-refractivity contribution in [3.63, 3.8) is 0 Å². The average molecular weight is 321 g/mol. The molecule has 17 heavy (non-hydrogen) atoms. The molecule has 0 radical (unpaired) electrons. The maximum Gasteiger partial charge on any atom is 0.330 e. The minimum atomic E-state index is -2.91. The molecule has 1 atom stereocenters. The average Bonchev–Trinajstić information content (AvgIpc) is 2.37. The predicted molar refractivity (Wildman–Crippen MR) is 73.6 cm³/mol. The summed E-state index contributed by atoms with van der Waals surface area (Å²) < 4.78 is 22.8. The zero-order valence-corrected chi connectivity index (χ0v) is 12.7. The minimum Gasteiger partial charge on any atom is -0.309 e. The van der Waals surface area contributed by atoms with Gasteiger partial charge in [-0.3, -0.25) is 4.57 Å². The molecule has 96 valence electrons. The molecule has 0 heterocycles. The van der Waals surface area contributed by atoms with Crippen molar-refractivity contribution in [3.8, 4) is 0 Å². The van der Waals surface area contributed by atoms with Gasteiger partial charge in [0.05, 0.1) is 13.2 Å². The fraction of sp³-hybridized carbons (Fsp3) is 0.500. The molecule has 1 rings (SSSR count). The normalized spacial score (nSPS) is 14.5. The van der Waals surface area contributed by atoms with Gasteiger partial charge in [0, 0.05) is 11.5 Å². The maximum atomic E-state index is 12.1. The topological polar surface area (TPSA) is 35.5 Å². The van der Waals surface area contributed by atoms with Crippen molar-refractivity contribution >= 4 is 23.5 Å². The second kappa shape index (κ2) is 7.32. The molecular weight excluding hydrogens is 303 g/mol. The molecule has 0 saturated heterocycles. The number of hydrogen-bond acceptors (Lipinski definition) is 3. The summed E-state index contributed by atoms with van der Waals surface area (Å²) in [7, 11) is -2.91. The molecular formula is C12H18BrO3P. The molecule has 3 nitrogen and oxygen atoms in total. The summed E-state index contributed by atoms with van der Waals surface area (Å²) >= 11 is 3.42. The third kappa shape index (κ3) is 4.55. The van der Waals surface area contributed by atoms with Gasteiger partial charge in [-0.15, -0.1) is 0 Å². The lowest BCUT2D eigenvalue weighted by atomic mass is 10.1. The Morgan fingerprint density at radius 1 is 1.18 bits per heavy atom. The lowest BCUT2D eigenvalue weighted by Crippen LogP contribution is -2.00. The van der Waals surface area contributed by atoms with Crippen LogP contribution in [0.25, 0.3) is 0 Å². The van der Waals surface area contributed by atoms with Crippen LogP contribution >= 0.6 is 23.5 Å². The van der Waals surface area contributed by atoms with Gasteiger partial charge in [0.15, 0.2) is 0 Å². The molecule has 0 spiro atoms. The van der Waals surface area contributed by atoms with Crippen molar-refractivity contribution in [1.29, 1.82) is 0 Å². The minimum absolute atomic E-state index is 0.326. The Morgan fingerprint density at radius 2 is 1.82 bits per heavy atom. The van der Waals surface area contributed by atoms with Crippen LogP contribution in [-0.4, -0.2) is 12.8 Å². The van der Waals surface area contributed by atoms with Crippen molar-refractivity contribution in [1.82, 2.24) is 0 Å². The van der Waals surface area contributed by atoms with Gasteiger partial charge in [0.2, 0.25) is 0 Å². The number of hydrogen-bond donors (Lipinski definition) is 0. The maximum absolute atomic E-state index is 12.1. The molecule has 1 unspecified atom stereocenters. The van der Waals surface area contributed by atoms with Gasteiger partial charge in [-0.1, -0.05) is 47.1 Å². The molecule has 1 aromatic carbocycles.